The molecule has 1 aliphatic rings. The van der Waals surface area contributed by atoms with Gasteiger partial charge in [0.25, 0.3) is 5.56 Å². The molecule has 0 atom stereocenters. The number of benzene rings is 2. The van der Waals surface area contributed by atoms with E-state index in [2.05, 4.69) is 39.6 Å². The van der Waals surface area contributed by atoms with Gasteiger partial charge in [0.2, 0.25) is 11.8 Å². The summed E-state index contributed by atoms with van der Waals surface area (Å²) in [4.78, 5) is 20.4. The van der Waals surface area contributed by atoms with Gasteiger partial charge in [0, 0.05) is 9.79 Å². The summed E-state index contributed by atoms with van der Waals surface area (Å²) in [7, 11) is 0. The normalized spacial score (nSPS) is 13.2. The van der Waals surface area contributed by atoms with Crippen LogP contribution in [0.15, 0.2) is 69.2 Å². The summed E-state index contributed by atoms with van der Waals surface area (Å²) >= 11 is 1.72. The largest absolute Gasteiger partial charge is 0.493 e. The molecule has 2 aromatic carbocycles. The average molecular weight is 323 g/mol. The van der Waals surface area contributed by atoms with E-state index in [0.717, 1.165) is 27.0 Å². The number of fused-ring (bicyclic) bond motifs is 2. The first-order chi connectivity index (χ1) is 11.2. The molecule has 114 valence electrons. The number of aromatic hydroxyl groups is 1. The molecule has 0 spiro atoms. The molecule has 5 nitrogen and oxygen atoms in total. The van der Waals surface area contributed by atoms with Crippen molar-refractivity contribution in [1.82, 2.24) is 9.97 Å². The molecule has 6 heteroatoms. The first kappa shape index (κ1) is 13.9. The minimum absolute atomic E-state index is 0.145. The lowest BCUT2D eigenvalue weighted by atomic mass is 9.98. The Hall–Kier alpha value is -2.73. The van der Waals surface area contributed by atoms with Gasteiger partial charge in [-0.1, -0.05) is 48.2 Å². The van der Waals surface area contributed by atoms with Crippen molar-refractivity contribution in [2.45, 2.75) is 15.8 Å². The maximum Gasteiger partial charge on any atom is 0.256 e. The highest BCUT2D eigenvalue weighted by atomic mass is 32.2. The van der Waals surface area contributed by atoms with Crippen molar-refractivity contribution in [2.24, 2.45) is 0 Å². The zero-order valence-electron chi connectivity index (χ0n) is 12.0. The van der Waals surface area contributed by atoms with Gasteiger partial charge in [-0.25, -0.2) is 0 Å². The molecule has 0 unspecified atom stereocenters. The number of anilines is 1. The van der Waals surface area contributed by atoms with Crippen molar-refractivity contribution in [3.8, 4) is 5.88 Å². The summed E-state index contributed by atoms with van der Waals surface area (Å²) in [5.74, 6) is -0.0560. The van der Waals surface area contributed by atoms with Crippen LogP contribution in [0.3, 0.4) is 0 Å². The van der Waals surface area contributed by atoms with E-state index in [0.29, 0.717) is 0 Å². The van der Waals surface area contributed by atoms with Crippen LogP contribution in [0.2, 0.25) is 0 Å². The third kappa shape index (κ3) is 2.57. The topological polar surface area (TPSA) is 78.0 Å². The lowest BCUT2D eigenvalue weighted by Crippen LogP contribution is -2.20. The fourth-order valence-corrected chi connectivity index (χ4v) is 3.85. The first-order valence-electron chi connectivity index (χ1n) is 7.13. The van der Waals surface area contributed by atoms with E-state index in [1.165, 1.54) is 0 Å². The Morgan fingerprint density at radius 3 is 2.26 bits per heavy atom. The van der Waals surface area contributed by atoms with Gasteiger partial charge in [-0.05, 0) is 23.3 Å². The molecule has 0 saturated heterocycles. The molecule has 0 saturated carbocycles. The van der Waals surface area contributed by atoms with E-state index in [9.17, 15) is 9.90 Å². The predicted molar refractivity (Wildman–Crippen MR) is 89.0 cm³/mol. The quantitative estimate of drug-likeness (QED) is 0.675. The highest BCUT2D eigenvalue weighted by molar-refractivity contribution is 7.99. The molecule has 0 amide bonds. The number of H-pyrrole nitrogens is 1. The number of aromatic nitrogens is 2. The Bertz CT molecular complexity index is 893. The first-order valence-corrected chi connectivity index (χ1v) is 7.95. The number of hydrogen-bond donors (Lipinski definition) is 3. The Kier molecular flexibility index (Phi) is 3.31. The van der Waals surface area contributed by atoms with Crippen molar-refractivity contribution in [3.05, 3.63) is 76.1 Å². The Morgan fingerprint density at radius 1 is 1.04 bits per heavy atom. The average Bonchev–Trinajstić information content (AvgIpc) is 2.54. The van der Waals surface area contributed by atoms with Gasteiger partial charge in [0.1, 0.15) is 0 Å². The molecule has 0 fully saturated rings. The molecule has 23 heavy (non-hydrogen) atoms. The van der Waals surface area contributed by atoms with E-state index in [1.54, 1.807) is 11.8 Å². The maximum absolute atomic E-state index is 11.5. The van der Waals surface area contributed by atoms with Gasteiger partial charge >= 0.3 is 0 Å². The highest BCUT2D eigenvalue weighted by Gasteiger charge is 2.26. The van der Waals surface area contributed by atoms with Crippen LogP contribution in [0.1, 0.15) is 17.2 Å². The number of rotatable bonds is 2. The number of aromatic amines is 1. The van der Waals surface area contributed by atoms with E-state index >= 15 is 0 Å². The molecule has 0 radical (unpaired) electrons. The standard InChI is InChI=1S/C17H13N3O2S/c21-14-9-15(22)19-17(18-14)20-16-10-5-1-3-7-12(10)23-13-8-4-2-6-11(13)16/h1-9,16H,(H3,18,19,20,21,22). The van der Waals surface area contributed by atoms with Crippen LogP contribution < -0.4 is 10.9 Å². The Balaban J connectivity index is 1.82. The van der Waals surface area contributed by atoms with Crippen molar-refractivity contribution in [1.29, 1.82) is 0 Å². The second-order valence-corrected chi connectivity index (χ2v) is 6.29. The Labute approximate surface area is 136 Å². The fraction of sp³-hybridized carbons (Fsp3) is 0.0588. The third-order valence-electron chi connectivity index (χ3n) is 3.69. The summed E-state index contributed by atoms with van der Waals surface area (Å²) in [5.41, 5.74) is 1.83. The van der Waals surface area contributed by atoms with Gasteiger partial charge in [0.05, 0.1) is 12.1 Å². The van der Waals surface area contributed by atoms with E-state index in [4.69, 9.17) is 0 Å². The van der Waals surface area contributed by atoms with E-state index in [-0.39, 0.29) is 17.9 Å². The van der Waals surface area contributed by atoms with Crippen LogP contribution in [-0.2, 0) is 0 Å². The molecule has 1 aromatic heterocycles. The molecular weight excluding hydrogens is 310 g/mol. The van der Waals surface area contributed by atoms with Crippen molar-refractivity contribution in [2.75, 3.05) is 5.32 Å². The van der Waals surface area contributed by atoms with Gasteiger partial charge in [-0.3, -0.25) is 9.78 Å². The second-order valence-electron chi connectivity index (χ2n) is 5.21. The van der Waals surface area contributed by atoms with Crippen LogP contribution in [0.5, 0.6) is 5.88 Å². The van der Waals surface area contributed by atoms with Gasteiger partial charge in [-0.2, -0.15) is 4.98 Å². The van der Waals surface area contributed by atoms with Crippen LogP contribution in [0, 0.1) is 0 Å². The molecule has 3 N–H and O–H groups in total. The van der Waals surface area contributed by atoms with Crippen molar-refractivity contribution in [3.63, 3.8) is 0 Å². The van der Waals surface area contributed by atoms with E-state index in [1.807, 2.05) is 24.3 Å². The van der Waals surface area contributed by atoms with Crippen LogP contribution in [0.25, 0.3) is 0 Å². The van der Waals surface area contributed by atoms with Gasteiger partial charge in [-0.15, -0.1) is 0 Å². The summed E-state index contributed by atoms with van der Waals surface area (Å²) in [6.45, 7) is 0. The molecular formula is C17H13N3O2S. The fourth-order valence-electron chi connectivity index (χ4n) is 2.72. The third-order valence-corrected chi connectivity index (χ3v) is 4.87. The molecule has 3 aromatic rings. The smallest absolute Gasteiger partial charge is 0.256 e. The van der Waals surface area contributed by atoms with E-state index < -0.39 is 5.56 Å². The summed E-state index contributed by atoms with van der Waals surface area (Å²) < 4.78 is 0. The minimum atomic E-state index is -0.397. The lowest BCUT2D eigenvalue weighted by Gasteiger charge is -2.28. The summed E-state index contributed by atoms with van der Waals surface area (Å²) in [6, 6.07) is 17.1. The lowest BCUT2D eigenvalue weighted by molar-refractivity contribution is 0.451. The zero-order valence-corrected chi connectivity index (χ0v) is 12.8. The molecule has 0 bridgehead atoms. The second kappa shape index (κ2) is 5.48. The van der Waals surface area contributed by atoms with Crippen molar-refractivity contribution < 1.29 is 5.11 Å². The van der Waals surface area contributed by atoms with Gasteiger partial charge in [0.15, 0.2) is 0 Å². The molecule has 2 heterocycles. The van der Waals surface area contributed by atoms with Crippen molar-refractivity contribution >= 4 is 17.7 Å². The van der Waals surface area contributed by atoms with Crippen LogP contribution in [-0.4, -0.2) is 15.1 Å². The summed E-state index contributed by atoms with van der Waals surface area (Å²) in [5, 5.41) is 12.8. The van der Waals surface area contributed by atoms with Gasteiger partial charge < -0.3 is 10.4 Å². The number of hydrogen-bond acceptors (Lipinski definition) is 5. The number of nitrogens with one attached hydrogen (secondary N) is 2. The number of nitrogens with zero attached hydrogens (tertiary/aromatic N) is 1. The SMILES string of the molecule is O=c1cc(O)nc(NC2c3ccccc3Sc3ccccc32)[nH]1. The molecule has 1 aliphatic heterocycles. The van der Waals surface area contributed by atoms with Crippen LogP contribution >= 0.6 is 11.8 Å². The molecule has 4 rings (SSSR count). The monoisotopic (exact) mass is 323 g/mol. The Morgan fingerprint density at radius 2 is 1.65 bits per heavy atom. The maximum atomic E-state index is 11.5. The van der Waals surface area contributed by atoms with Crippen LogP contribution in [0.4, 0.5) is 5.95 Å². The summed E-state index contributed by atoms with van der Waals surface area (Å²) in [6.07, 6.45) is 0. The molecule has 0 aliphatic carbocycles. The predicted octanol–water partition coefficient (Wildman–Crippen LogP) is 3.14. The zero-order chi connectivity index (χ0) is 15.8. The minimum Gasteiger partial charge on any atom is -0.493 e. The highest BCUT2D eigenvalue weighted by Crippen LogP contribution is 2.45.